The molecule has 0 saturated heterocycles. The van der Waals surface area contributed by atoms with Crippen LogP contribution < -0.4 is 10.1 Å². The molecule has 0 bridgehead atoms. The lowest BCUT2D eigenvalue weighted by molar-refractivity contribution is -0.120. The minimum Gasteiger partial charge on any atom is -0.497 e. The third kappa shape index (κ3) is 7.11. The van der Waals surface area contributed by atoms with Crippen LogP contribution in [0, 0.1) is 0 Å². The van der Waals surface area contributed by atoms with E-state index in [9.17, 15) is 4.79 Å². The zero-order chi connectivity index (χ0) is 14.6. The average molecular weight is 281 g/mol. The molecule has 0 fully saturated rings. The van der Waals surface area contributed by atoms with E-state index in [0.29, 0.717) is 32.8 Å². The Labute approximate surface area is 120 Å². The van der Waals surface area contributed by atoms with Gasteiger partial charge in [-0.05, 0) is 24.1 Å². The predicted octanol–water partition coefficient (Wildman–Crippen LogP) is 1.41. The number of amides is 1. The molecule has 1 aromatic carbocycles. The number of ether oxygens (including phenoxy) is 3. The molecule has 0 aliphatic carbocycles. The van der Waals surface area contributed by atoms with Crippen LogP contribution >= 0.6 is 0 Å². The zero-order valence-corrected chi connectivity index (χ0v) is 12.2. The highest BCUT2D eigenvalue weighted by atomic mass is 16.5. The summed E-state index contributed by atoms with van der Waals surface area (Å²) in [5.41, 5.74) is 0.972. The van der Waals surface area contributed by atoms with Crippen molar-refractivity contribution in [1.29, 1.82) is 0 Å². The number of hydrogen-bond donors (Lipinski definition) is 1. The van der Waals surface area contributed by atoms with Crippen molar-refractivity contribution in [2.75, 3.05) is 40.6 Å². The van der Waals surface area contributed by atoms with Crippen molar-refractivity contribution >= 4 is 5.91 Å². The van der Waals surface area contributed by atoms with Gasteiger partial charge in [-0.3, -0.25) is 4.79 Å². The molecule has 0 spiro atoms. The lowest BCUT2D eigenvalue weighted by atomic mass is 10.1. The monoisotopic (exact) mass is 281 g/mol. The van der Waals surface area contributed by atoms with Crippen LogP contribution in [0.1, 0.15) is 12.0 Å². The molecule has 1 amide bonds. The molecular formula is C15H23NO4. The molecular weight excluding hydrogens is 258 g/mol. The largest absolute Gasteiger partial charge is 0.497 e. The molecule has 1 N–H and O–H groups in total. The first-order valence-electron chi connectivity index (χ1n) is 6.72. The highest BCUT2D eigenvalue weighted by molar-refractivity contribution is 5.78. The highest BCUT2D eigenvalue weighted by Crippen LogP contribution is 2.11. The maximum atomic E-state index is 11.7. The van der Waals surface area contributed by atoms with E-state index in [1.165, 1.54) is 0 Å². The van der Waals surface area contributed by atoms with Gasteiger partial charge in [0.15, 0.2) is 0 Å². The molecule has 112 valence electrons. The number of methoxy groups -OCH3 is 2. The van der Waals surface area contributed by atoms with E-state index in [1.54, 1.807) is 14.2 Å². The molecule has 1 aromatic rings. The minimum atomic E-state index is 0.0204. The minimum absolute atomic E-state index is 0.0204. The van der Waals surface area contributed by atoms with Gasteiger partial charge in [-0.25, -0.2) is 0 Å². The van der Waals surface area contributed by atoms with Crippen LogP contribution in [-0.4, -0.2) is 46.5 Å². The summed E-state index contributed by atoms with van der Waals surface area (Å²) in [5.74, 6) is 0.814. The average Bonchev–Trinajstić information content (AvgIpc) is 2.47. The van der Waals surface area contributed by atoms with E-state index in [4.69, 9.17) is 14.2 Å². The topological polar surface area (TPSA) is 56.8 Å². The van der Waals surface area contributed by atoms with Crippen molar-refractivity contribution in [2.24, 2.45) is 0 Å². The quantitative estimate of drug-likeness (QED) is 0.659. The zero-order valence-electron chi connectivity index (χ0n) is 12.2. The van der Waals surface area contributed by atoms with Crippen molar-refractivity contribution < 1.29 is 19.0 Å². The molecule has 1 rings (SSSR count). The molecule has 0 radical (unpaired) electrons. The molecule has 0 atom stereocenters. The maximum absolute atomic E-state index is 11.7. The normalized spacial score (nSPS) is 10.3. The number of carbonyl (C=O) groups is 1. The van der Waals surface area contributed by atoms with Gasteiger partial charge in [0, 0.05) is 20.3 Å². The summed E-state index contributed by atoms with van der Waals surface area (Å²) in [5, 5.41) is 2.87. The van der Waals surface area contributed by atoms with E-state index in [-0.39, 0.29) is 5.91 Å². The van der Waals surface area contributed by atoms with Gasteiger partial charge in [-0.1, -0.05) is 12.1 Å². The van der Waals surface area contributed by atoms with Gasteiger partial charge >= 0.3 is 0 Å². The molecule has 0 heterocycles. The molecule has 0 aliphatic rings. The molecule has 20 heavy (non-hydrogen) atoms. The fourth-order valence-electron chi connectivity index (χ4n) is 1.64. The van der Waals surface area contributed by atoms with Crippen LogP contribution in [0.2, 0.25) is 0 Å². The number of nitrogens with one attached hydrogen (secondary N) is 1. The van der Waals surface area contributed by atoms with Gasteiger partial charge in [-0.15, -0.1) is 0 Å². The summed E-state index contributed by atoms with van der Waals surface area (Å²) in [4.78, 5) is 11.7. The van der Waals surface area contributed by atoms with E-state index in [2.05, 4.69) is 5.32 Å². The van der Waals surface area contributed by atoms with Gasteiger partial charge in [0.1, 0.15) is 5.75 Å². The first-order valence-corrected chi connectivity index (χ1v) is 6.72. The van der Waals surface area contributed by atoms with Crippen LogP contribution in [0.15, 0.2) is 24.3 Å². The Bertz CT molecular complexity index is 378. The van der Waals surface area contributed by atoms with Crippen LogP contribution in [0.25, 0.3) is 0 Å². The summed E-state index contributed by atoms with van der Waals surface area (Å²) in [6.45, 7) is 2.45. The Balaban J connectivity index is 2.10. The van der Waals surface area contributed by atoms with Crippen molar-refractivity contribution in [1.82, 2.24) is 5.32 Å². The molecule has 0 unspecified atom stereocenters. The number of benzene rings is 1. The second-order valence-electron chi connectivity index (χ2n) is 4.33. The predicted molar refractivity (Wildman–Crippen MR) is 77.0 cm³/mol. The van der Waals surface area contributed by atoms with E-state index in [0.717, 1.165) is 17.7 Å². The van der Waals surface area contributed by atoms with Gasteiger partial charge in [0.05, 0.1) is 26.7 Å². The number of carbonyl (C=O) groups excluding carboxylic acids is 1. The van der Waals surface area contributed by atoms with E-state index >= 15 is 0 Å². The van der Waals surface area contributed by atoms with Crippen LogP contribution in [0.3, 0.4) is 0 Å². The number of hydrogen-bond acceptors (Lipinski definition) is 4. The Morgan fingerprint density at radius 1 is 1.10 bits per heavy atom. The Morgan fingerprint density at radius 2 is 1.85 bits per heavy atom. The van der Waals surface area contributed by atoms with E-state index in [1.807, 2.05) is 24.3 Å². The summed E-state index contributed by atoms with van der Waals surface area (Å²) < 4.78 is 15.2. The standard InChI is InChI=1S/C15H23NO4/c1-18-10-11-20-9-3-8-16-15(17)12-13-4-6-14(19-2)7-5-13/h4-7H,3,8-12H2,1-2H3,(H,16,17). The Kier molecular flexibility index (Phi) is 8.42. The summed E-state index contributed by atoms with van der Waals surface area (Å²) in [7, 11) is 3.26. The fraction of sp³-hybridized carbons (Fsp3) is 0.533. The lowest BCUT2D eigenvalue weighted by Crippen LogP contribution is -2.26. The summed E-state index contributed by atoms with van der Waals surface area (Å²) in [6.07, 6.45) is 1.19. The van der Waals surface area contributed by atoms with Gasteiger partial charge < -0.3 is 19.5 Å². The Morgan fingerprint density at radius 3 is 2.50 bits per heavy atom. The first kappa shape index (κ1) is 16.5. The maximum Gasteiger partial charge on any atom is 0.224 e. The third-order valence-electron chi connectivity index (χ3n) is 2.74. The van der Waals surface area contributed by atoms with Crippen molar-refractivity contribution in [2.45, 2.75) is 12.8 Å². The first-order chi connectivity index (χ1) is 9.76. The van der Waals surface area contributed by atoms with Crippen molar-refractivity contribution in [3.8, 4) is 5.75 Å². The van der Waals surface area contributed by atoms with Crippen molar-refractivity contribution in [3.05, 3.63) is 29.8 Å². The van der Waals surface area contributed by atoms with Crippen LogP contribution in [-0.2, 0) is 20.7 Å². The van der Waals surface area contributed by atoms with E-state index < -0.39 is 0 Å². The summed E-state index contributed by atoms with van der Waals surface area (Å²) >= 11 is 0. The second-order valence-corrected chi connectivity index (χ2v) is 4.33. The van der Waals surface area contributed by atoms with Gasteiger partial charge in [0.25, 0.3) is 0 Å². The molecule has 0 aliphatic heterocycles. The molecule has 5 heteroatoms. The smallest absolute Gasteiger partial charge is 0.224 e. The van der Waals surface area contributed by atoms with Crippen molar-refractivity contribution in [3.63, 3.8) is 0 Å². The molecule has 5 nitrogen and oxygen atoms in total. The van der Waals surface area contributed by atoms with Crippen LogP contribution in [0.5, 0.6) is 5.75 Å². The second kappa shape index (κ2) is 10.2. The van der Waals surface area contributed by atoms with Crippen LogP contribution in [0.4, 0.5) is 0 Å². The Hall–Kier alpha value is -1.59. The highest BCUT2D eigenvalue weighted by Gasteiger charge is 2.03. The lowest BCUT2D eigenvalue weighted by Gasteiger charge is -2.07. The fourth-order valence-corrected chi connectivity index (χ4v) is 1.64. The van der Waals surface area contributed by atoms with Gasteiger partial charge in [0.2, 0.25) is 5.91 Å². The third-order valence-corrected chi connectivity index (χ3v) is 2.74. The van der Waals surface area contributed by atoms with Gasteiger partial charge in [-0.2, -0.15) is 0 Å². The molecule has 0 saturated carbocycles. The summed E-state index contributed by atoms with van der Waals surface area (Å²) in [6, 6.07) is 7.50. The molecule has 0 aromatic heterocycles. The number of rotatable bonds is 10. The SMILES string of the molecule is COCCOCCCNC(=O)Cc1ccc(OC)cc1.